The van der Waals surface area contributed by atoms with Gasteiger partial charge >= 0.3 is 0 Å². The minimum atomic E-state index is 0.523. The molecule has 0 heterocycles. The first-order chi connectivity index (χ1) is 3.31. The average Bonchev–Trinajstić information content (AvgIpc) is 1.68. The quantitative estimate of drug-likeness (QED) is 0.216. The molecule has 0 aromatic heterocycles. The molecule has 0 aromatic carbocycles. The molecule has 0 bridgehead atoms. The molecule has 0 aliphatic heterocycles. The minimum Gasteiger partial charge on any atom is -0.325 e. The normalized spacial score (nSPS) is 10.9. The molecule has 0 amide bonds. The Kier molecular flexibility index (Phi) is 2.96. The van der Waals surface area contributed by atoms with Crippen LogP contribution in [-0.2, 0) is 9.63 Å². The highest BCUT2D eigenvalue weighted by Gasteiger charge is 1.81. The van der Waals surface area contributed by atoms with Crippen molar-refractivity contribution in [3.63, 3.8) is 0 Å². The summed E-state index contributed by atoms with van der Waals surface area (Å²) in [6.45, 7) is 1.65. The minimum absolute atomic E-state index is 0.523. The second-order valence-corrected chi connectivity index (χ2v) is 1.06. The Balaban J connectivity index is 3.49. The number of allylic oxidation sites excluding steroid dienone is 2. The standard InChI is InChI=1S/C4H8NO2/c1-4(7-5)2-3-6/h2-3H,1,5H3/q+1/b4-2-. The van der Waals surface area contributed by atoms with Crippen LogP contribution in [0.15, 0.2) is 11.8 Å². The third-order valence-electron chi connectivity index (χ3n) is 0.530. The van der Waals surface area contributed by atoms with Crippen molar-refractivity contribution in [3.05, 3.63) is 11.8 Å². The molecule has 7 heavy (non-hydrogen) atoms. The average molecular weight is 102 g/mol. The van der Waals surface area contributed by atoms with E-state index in [1.54, 1.807) is 6.92 Å². The molecule has 3 N–H and O–H groups in total. The zero-order valence-corrected chi connectivity index (χ0v) is 4.18. The Labute approximate surface area is 41.7 Å². The first-order valence-corrected chi connectivity index (χ1v) is 1.85. The van der Waals surface area contributed by atoms with E-state index in [0.717, 1.165) is 0 Å². The molecule has 0 spiro atoms. The van der Waals surface area contributed by atoms with Gasteiger partial charge in [0.05, 0.1) is 0 Å². The predicted molar refractivity (Wildman–Crippen MR) is 23.8 cm³/mol. The zero-order valence-electron chi connectivity index (χ0n) is 4.18. The van der Waals surface area contributed by atoms with Crippen LogP contribution in [0.1, 0.15) is 6.92 Å². The van der Waals surface area contributed by atoms with Crippen molar-refractivity contribution in [2.75, 3.05) is 0 Å². The van der Waals surface area contributed by atoms with Gasteiger partial charge in [0.1, 0.15) is 6.29 Å². The van der Waals surface area contributed by atoms with Gasteiger partial charge in [-0.15, -0.1) is 0 Å². The molecular weight excluding hydrogens is 94.0 g/mol. The van der Waals surface area contributed by atoms with E-state index in [1.165, 1.54) is 6.08 Å². The third kappa shape index (κ3) is 2.99. The second kappa shape index (κ2) is 3.36. The van der Waals surface area contributed by atoms with Gasteiger partial charge in [-0.2, -0.15) is 5.90 Å². The summed E-state index contributed by atoms with van der Waals surface area (Å²) in [7, 11) is 0. The smallest absolute Gasteiger partial charge is 0.167 e. The van der Waals surface area contributed by atoms with Crippen molar-refractivity contribution >= 4 is 6.29 Å². The lowest BCUT2D eigenvalue weighted by Gasteiger charge is -1.85. The molecule has 0 rings (SSSR count). The fourth-order valence-electron chi connectivity index (χ4n) is 0.144. The van der Waals surface area contributed by atoms with Crippen LogP contribution in [0.4, 0.5) is 0 Å². The van der Waals surface area contributed by atoms with Gasteiger partial charge in [-0.1, -0.05) is 0 Å². The van der Waals surface area contributed by atoms with Crippen molar-refractivity contribution in [1.29, 1.82) is 0 Å². The SMILES string of the molecule is C/C(=C/C=O)O[NH3+]. The van der Waals surface area contributed by atoms with E-state index in [1.807, 2.05) is 0 Å². The van der Waals surface area contributed by atoms with Gasteiger partial charge in [0.15, 0.2) is 5.76 Å². The zero-order chi connectivity index (χ0) is 5.70. The van der Waals surface area contributed by atoms with Gasteiger partial charge in [-0.25, -0.2) is 0 Å². The molecule has 0 radical (unpaired) electrons. The maximum absolute atomic E-state index is 9.59. The number of hydrogen-bond donors (Lipinski definition) is 1. The van der Waals surface area contributed by atoms with Gasteiger partial charge in [-0.05, 0) is 0 Å². The Bertz CT molecular complexity index is 87.7. The van der Waals surface area contributed by atoms with Crippen LogP contribution >= 0.6 is 0 Å². The Morgan fingerprint density at radius 3 is 2.57 bits per heavy atom. The predicted octanol–water partition coefficient (Wildman–Crippen LogP) is -0.737. The van der Waals surface area contributed by atoms with Crippen molar-refractivity contribution in [2.45, 2.75) is 6.92 Å². The van der Waals surface area contributed by atoms with E-state index in [0.29, 0.717) is 12.0 Å². The fraction of sp³-hybridized carbons (Fsp3) is 0.250. The summed E-state index contributed by atoms with van der Waals surface area (Å²) < 4.78 is 0. The van der Waals surface area contributed by atoms with Crippen molar-refractivity contribution in [3.8, 4) is 0 Å². The van der Waals surface area contributed by atoms with E-state index >= 15 is 0 Å². The molecule has 0 fully saturated rings. The van der Waals surface area contributed by atoms with E-state index in [9.17, 15) is 4.79 Å². The summed E-state index contributed by atoms with van der Waals surface area (Å²) in [5.41, 5.74) is 0. The van der Waals surface area contributed by atoms with Gasteiger partial charge in [0, 0.05) is 13.0 Å². The highest BCUT2D eigenvalue weighted by molar-refractivity contribution is 5.65. The molecule has 0 aromatic rings. The third-order valence-corrected chi connectivity index (χ3v) is 0.530. The number of carbonyl (C=O) groups excluding carboxylic acids is 1. The number of quaternary nitrogens is 1. The lowest BCUT2D eigenvalue weighted by molar-refractivity contribution is -0.671. The molecule has 0 atom stereocenters. The van der Waals surface area contributed by atoms with Crippen LogP contribution in [0, 0.1) is 0 Å². The van der Waals surface area contributed by atoms with Crippen LogP contribution < -0.4 is 5.90 Å². The Morgan fingerprint density at radius 1 is 1.86 bits per heavy atom. The monoisotopic (exact) mass is 102 g/mol. The first kappa shape index (κ1) is 6.17. The number of carbonyl (C=O) groups is 1. The number of rotatable bonds is 2. The largest absolute Gasteiger partial charge is 0.325 e. The van der Waals surface area contributed by atoms with Crippen molar-refractivity contribution < 1.29 is 15.5 Å². The second-order valence-electron chi connectivity index (χ2n) is 1.06. The van der Waals surface area contributed by atoms with Gasteiger partial charge in [0.25, 0.3) is 0 Å². The van der Waals surface area contributed by atoms with E-state index in [4.69, 9.17) is 0 Å². The molecule has 40 valence electrons. The van der Waals surface area contributed by atoms with Crippen LogP contribution in [0.5, 0.6) is 0 Å². The Morgan fingerprint density at radius 2 is 2.43 bits per heavy atom. The van der Waals surface area contributed by atoms with E-state index in [2.05, 4.69) is 10.7 Å². The topological polar surface area (TPSA) is 53.9 Å². The van der Waals surface area contributed by atoms with Crippen molar-refractivity contribution in [2.24, 2.45) is 0 Å². The van der Waals surface area contributed by atoms with Crippen LogP contribution in [-0.4, -0.2) is 6.29 Å². The van der Waals surface area contributed by atoms with E-state index in [-0.39, 0.29) is 0 Å². The number of hydrogen-bond acceptors (Lipinski definition) is 2. The van der Waals surface area contributed by atoms with Gasteiger partial charge < -0.3 is 4.84 Å². The summed E-state index contributed by atoms with van der Waals surface area (Å²) in [4.78, 5) is 14.0. The molecule has 0 aliphatic carbocycles. The summed E-state index contributed by atoms with van der Waals surface area (Å²) >= 11 is 0. The summed E-state index contributed by atoms with van der Waals surface area (Å²) in [5.74, 6) is 3.60. The summed E-state index contributed by atoms with van der Waals surface area (Å²) in [6.07, 6.45) is 1.95. The Hall–Kier alpha value is -0.830. The highest BCUT2D eigenvalue weighted by Crippen LogP contribution is 1.82. The molecule has 0 saturated heterocycles. The molecule has 0 aliphatic rings. The summed E-state index contributed by atoms with van der Waals surface area (Å²) in [6, 6.07) is 0. The van der Waals surface area contributed by atoms with Crippen molar-refractivity contribution in [1.82, 2.24) is 0 Å². The maximum atomic E-state index is 9.59. The highest BCUT2D eigenvalue weighted by atomic mass is 16.6. The molecule has 0 unspecified atom stereocenters. The molecule has 3 heteroatoms. The maximum Gasteiger partial charge on any atom is 0.167 e. The lowest BCUT2D eigenvalue weighted by atomic mass is 10.5. The molecular formula is C4H8NO2+. The molecule has 0 saturated carbocycles. The molecule has 3 nitrogen and oxygen atoms in total. The first-order valence-electron chi connectivity index (χ1n) is 1.85. The van der Waals surface area contributed by atoms with E-state index < -0.39 is 0 Å². The van der Waals surface area contributed by atoms with Crippen LogP contribution in [0.25, 0.3) is 0 Å². The number of aldehydes is 1. The fourth-order valence-corrected chi connectivity index (χ4v) is 0.144. The lowest BCUT2D eigenvalue weighted by Crippen LogP contribution is -2.47. The van der Waals surface area contributed by atoms with Crippen LogP contribution in [0.3, 0.4) is 0 Å². The van der Waals surface area contributed by atoms with Crippen LogP contribution in [0.2, 0.25) is 0 Å². The van der Waals surface area contributed by atoms with Gasteiger partial charge in [-0.3, -0.25) is 4.79 Å². The van der Waals surface area contributed by atoms with Gasteiger partial charge in [0.2, 0.25) is 0 Å². The summed E-state index contributed by atoms with van der Waals surface area (Å²) in [5, 5.41) is 0.